The van der Waals surface area contributed by atoms with Crippen LogP contribution in [0.3, 0.4) is 0 Å². The minimum absolute atomic E-state index is 0.0242. The summed E-state index contributed by atoms with van der Waals surface area (Å²) in [5.41, 5.74) is 2.62. The lowest BCUT2D eigenvalue weighted by atomic mass is 10.0. The number of benzene rings is 2. The molecule has 180 valence electrons. The number of thiazole rings is 1. The molecule has 1 amide bonds. The van der Waals surface area contributed by atoms with Gasteiger partial charge in [-0.15, -0.1) is 11.3 Å². The molecule has 0 unspecified atom stereocenters. The number of halogens is 1. The molecular weight excluding hydrogens is 463 g/mol. The number of carbonyl (C=O) groups excluding carboxylic acids is 1. The van der Waals surface area contributed by atoms with Crippen molar-refractivity contribution >= 4 is 39.8 Å². The lowest BCUT2D eigenvalue weighted by molar-refractivity contribution is 0.0452. The van der Waals surface area contributed by atoms with Crippen molar-refractivity contribution in [1.82, 2.24) is 24.8 Å². The van der Waals surface area contributed by atoms with Crippen molar-refractivity contribution in [2.24, 2.45) is 0 Å². The van der Waals surface area contributed by atoms with Crippen molar-refractivity contribution in [2.45, 2.75) is 26.3 Å². The van der Waals surface area contributed by atoms with E-state index in [1.54, 1.807) is 24.5 Å². The van der Waals surface area contributed by atoms with Gasteiger partial charge >= 0.3 is 0 Å². The van der Waals surface area contributed by atoms with Gasteiger partial charge in [0.2, 0.25) is 5.95 Å². The second-order valence-electron chi connectivity index (χ2n) is 9.57. The molecule has 5 rings (SSSR count). The van der Waals surface area contributed by atoms with Crippen LogP contribution < -0.4 is 5.32 Å². The highest BCUT2D eigenvalue weighted by Crippen LogP contribution is 2.31. The van der Waals surface area contributed by atoms with Gasteiger partial charge in [-0.3, -0.25) is 9.69 Å². The molecule has 0 saturated carbocycles. The smallest absolute Gasteiger partial charge is 0.254 e. The van der Waals surface area contributed by atoms with Crippen LogP contribution in [0.4, 0.5) is 16.0 Å². The molecule has 1 saturated heterocycles. The summed E-state index contributed by atoms with van der Waals surface area (Å²) in [4.78, 5) is 31.5. The Kier molecular flexibility index (Phi) is 6.21. The maximum absolute atomic E-state index is 13.7. The average Bonchev–Trinajstić information content (AvgIpc) is 3.37. The summed E-state index contributed by atoms with van der Waals surface area (Å²) in [6.45, 7) is 9.60. The van der Waals surface area contributed by atoms with Gasteiger partial charge in [-0.2, -0.15) is 0 Å². The zero-order valence-corrected chi connectivity index (χ0v) is 20.8. The van der Waals surface area contributed by atoms with E-state index in [0.717, 1.165) is 29.0 Å². The Morgan fingerprint density at radius 1 is 1.09 bits per heavy atom. The Labute approximate surface area is 207 Å². The molecule has 35 heavy (non-hydrogen) atoms. The van der Waals surface area contributed by atoms with Gasteiger partial charge < -0.3 is 10.2 Å². The van der Waals surface area contributed by atoms with Crippen LogP contribution in [0.15, 0.2) is 54.2 Å². The van der Waals surface area contributed by atoms with Crippen molar-refractivity contribution in [3.8, 4) is 10.6 Å². The second kappa shape index (κ2) is 9.31. The van der Waals surface area contributed by atoms with E-state index in [2.05, 4.69) is 45.9 Å². The molecule has 0 bridgehead atoms. The molecule has 1 N–H and O–H groups in total. The molecule has 4 aromatic rings. The van der Waals surface area contributed by atoms with E-state index in [9.17, 15) is 9.18 Å². The van der Waals surface area contributed by atoms with Gasteiger partial charge in [-0.1, -0.05) is 6.07 Å². The number of nitrogens with zero attached hydrogens (tertiary/aromatic N) is 5. The van der Waals surface area contributed by atoms with E-state index < -0.39 is 0 Å². The monoisotopic (exact) mass is 490 g/mol. The average molecular weight is 491 g/mol. The van der Waals surface area contributed by atoms with Crippen LogP contribution in [0.2, 0.25) is 0 Å². The quantitative estimate of drug-likeness (QED) is 0.424. The number of amides is 1. The molecule has 1 fully saturated rings. The molecule has 0 spiro atoms. The highest BCUT2D eigenvalue weighted by molar-refractivity contribution is 7.13. The van der Waals surface area contributed by atoms with Crippen molar-refractivity contribution in [2.75, 3.05) is 31.5 Å². The minimum atomic E-state index is -0.344. The third-order valence-electron chi connectivity index (χ3n) is 6.21. The number of piperazine rings is 1. The lowest BCUT2D eigenvalue weighted by Gasteiger charge is -2.42. The number of aromatic nitrogens is 3. The van der Waals surface area contributed by atoms with Gasteiger partial charge in [0.1, 0.15) is 10.8 Å². The van der Waals surface area contributed by atoms with Crippen LogP contribution >= 0.6 is 11.3 Å². The van der Waals surface area contributed by atoms with Crippen LogP contribution in [0.1, 0.15) is 31.1 Å². The van der Waals surface area contributed by atoms with Crippen molar-refractivity contribution in [3.05, 3.63) is 65.6 Å². The van der Waals surface area contributed by atoms with Crippen LogP contribution in [0, 0.1) is 5.82 Å². The predicted octanol–water partition coefficient (Wildman–Crippen LogP) is 5.19. The second-order valence-corrected chi connectivity index (χ2v) is 10.5. The van der Waals surface area contributed by atoms with Crippen molar-refractivity contribution in [1.29, 1.82) is 0 Å². The standard InChI is InChI=1S/C26H27FN6OS/c1-26(2,3)33-10-8-32(9-11-33)24(34)21-15-22-17(13-20(21)23-28-7-12-35-23)16-29-25(31-22)30-19-6-4-5-18(27)14-19/h4-7,12-16H,8-11H2,1-3H3,(H,29,30,31). The maximum Gasteiger partial charge on any atom is 0.254 e. The number of fused-ring (bicyclic) bond motifs is 1. The summed E-state index contributed by atoms with van der Waals surface area (Å²) in [6.07, 6.45) is 3.44. The normalized spacial score (nSPS) is 14.9. The number of nitrogens with one attached hydrogen (secondary N) is 1. The number of hydrogen-bond acceptors (Lipinski definition) is 7. The zero-order valence-electron chi connectivity index (χ0n) is 20.0. The third kappa shape index (κ3) is 5.01. The topological polar surface area (TPSA) is 74.2 Å². The third-order valence-corrected chi connectivity index (χ3v) is 7.01. The highest BCUT2D eigenvalue weighted by Gasteiger charge is 2.29. The Balaban J connectivity index is 1.49. The lowest BCUT2D eigenvalue weighted by Crippen LogP contribution is -2.54. The first kappa shape index (κ1) is 23.3. The first-order valence-electron chi connectivity index (χ1n) is 11.6. The molecule has 2 aromatic heterocycles. The maximum atomic E-state index is 13.7. The molecule has 0 atom stereocenters. The predicted molar refractivity (Wildman–Crippen MR) is 138 cm³/mol. The Hall–Kier alpha value is -3.43. The van der Waals surface area contributed by atoms with Crippen LogP contribution in [-0.2, 0) is 0 Å². The molecule has 9 heteroatoms. The van der Waals surface area contributed by atoms with E-state index >= 15 is 0 Å². The summed E-state index contributed by atoms with van der Waals surface area (Å²) in [7, 11) is 0. The summed E-state index contributed by atoms with van der Waals surface area (Å²) in [5.74, 6) is -0.0329. The molecular formula is C26H27FN6OS. The fourth-order valence-corrected chi connectivity index (χ4v) is 4.96. The van der Waals surface area contributed by atoms with Crippen LogP contribution in [0.25, 0.3) is 21.5 Å². The van der Waals surface area contributed by atoms with E-state index in [1.165, 1.54) is 23.5 Å². The zero-order chi connectivity index (χ0) is 24.6. The van der Waals surface area contributed by atoms with E-state index in [-0.39, 0.29) is 17.3 Å². The van der Waals surface area contributed by atoms with Gasteiger partial charge in [0.15, 0.2) is 0 Å². The van der Waals surface area contributed by atoms with Crippen LogP contribution in [-0.4, -0.2) is 62.4 Å². The fourth-order valence-electron chi connectivity index (χ4n) is 4.30. The molecule has 0 radical (unpaired) electrons. The molecule has 3 heterocycles. The summed E-state index contributed by atoms with van der Waals surface area (Å²) in [5, 5.41) is 6.52. The molecule has 1 aliphatic rings. The summed E-state index contributed by atoms with van der Waals surface area (Å²) < 4.78 is 13.6. The number of carbonyl (C=O) groups is 1. The SMILES string of the molecule is CC(C)(C)N1CCN(C(=O)c2cc3nc(Nc4cccc(F)c4)ncc3cc2-c2nccs2)CC1. The minimum Gasteiger partial charge on any atom is -0.336 e. The molecule has 0 aliphatic carbocycles. The van der Waals surface area contributed by atoms with Gasteiger partial charge in [0, 0.05) is 66.1 Å². The number of hydrogen-bond donors (Lipinski definition) is 1. The number of anilines is 2. The summed E-state index contributed by atoms with van der Waals surface area (Å²) in [6, 6.07) is 9.88. The van der Waals surface area contributed by atoms with E-state index in [1.807, 2.05) is 22.4 Å². The van der Waals surface area contributed by atoms with Crippen LogP contribution in [0.5, 0.6) is 0 Å². The molecule has 7 nitrogen and oxygen atoms in total. The van der Waals surface area contributed by atoms with Gasteiger partial charge in [0.25, 0.3) is 5.91 Å². The molecule has 1 aliphatic heterocycles. The Morgan fingerprint density at radius 2 is 1.89 bits per heavy atom. The largest absolute Gasteiger partial charge is 0.336 e. The number of rotatable bonds is 4. The van der Waals surface area contributed by atoms with E-state index in [4.69, 9.17) is 0 Å². The van der Waals surface area contributed by atoms with Gasteiger partial charge in [0.05, 0.1) is 11.1 Å². The Morgan fingerprint density at radius 3 is 2.57 bits per heavy atom. The summed E-state index contributed by atoms with van der Waals surface area (Å²) >= 11 is 1.49. The van der Waals surface area contributed by atoms with Gasteiger partial charge in [-0.05, 0) is 51.1 Å². The van der Waals surface area contributed by atoms with Crippen molar-refractivity contribution in [3.63, 3.8) is 0 Å². The van der Waals surface area contributed by atoms with E-state index in [0.29, 0.717) is 35.8 Å². The van der Waals surface area contributed by atoms with Crippen molar-refractivity contribution < 1.29 is 9.18 Å². The highest BCUT2D eigenvalue weighted by atomic mass is 32.1. The Bertz CT molecular complexity index is 1360. The molecule has 2 aromatic carbocycles. The fraction of sp³-hybridized carbons (Fsp3) is 0.308. The first-order valence-corrected chi connectivity index (χ1v) is 12.4. The first-order chi connectivity index (χ1) is 16.8. The van der Waals surface area contributed by atoms with Gasteiger partial charge in [-0.25, -0.2) is 19.3 Å².